The fourth-order valence-electron chi connectivity index (χ4n) is 2.82. The van der Waals surface area contributed by atoms with Gasteiger partial charge in [-0.2, -0.15) is 5.26 Å². The van der Waals surface area contributed by atoms with E-state index in [1.807, 2.05) is 37.3 Å². The van der Waals surface area contributed by atoms with Crippen molar-refractivity contribution >= 4 is 11.0 Å². The Hall–Kier alpha value is -2.64. The van der Waals surface area contributed by atoms with Crippen molar-refractivity contribution in [1.82, 2.24) is 9.55 Å². The molecule has 0 unspecified atom stereocenters. The van der Waals surface area contributed by atoms with Gasteiger partial charge in [0.1, 0.15) is 12.4 Å². The molecule has 0 aliphatic rings. The average Bonchev–Trinajstić information content (AvgIpc) is 2.97. The number of imidazole rings is 1. The van der Waals surface area contributed by atoms with E-state index in [-0.39, 0.29) is 6.04 Å². The molecule has 0 saturated heterocycles. The lowest BCUT2D eigenvalue weighted by atomic mass is 10.1. The molecule has 0 aliphatic carbocycles. The first-order valence-corrected chi connectivity index (χ1v) is 7.78. The molecular formula is C19H19N3O. The first-order chi connectivity index (χ1) is 11.2. The van der Waals surface area contributed by atoms with Gasteiger partial charge in [0.2, 0.25) is 0 Å². The van der Waals surface area contributed by atoms with Gasteiger partial charge < -0.3 is 9.30 Å². The summed E-state index contributed by atoms with van der Waals surface area (Å²) in [6, 6.07) is 18.2. The molecule has 3 rings (SSSR count). The maximum absolute atomic E-state index is 9.19. The first kappa shape index (κ1) is 15.3. The van der Waals surface area contributed by atoms with Gasteiger partial charge in [0.15, 0.2) is 0 Å². The van der Waals surface area contributed by atoms with Crippen molar-refractivity contribution in [3.8, 4) is 6.07 Å². The smallest absolute Gasteiger partial charge is 0.136 e. The summed E-state index contributed by atoms with van der Waals surface area (Å²) >= 11 is 0. The van der Waals surface area contributed by atoms with Crippen molar-refractivity contribution in [2.24, 2.45) is 0 Å². The number of fused-ring (bicyclic) bond motifs is 1. The maximum Gasteiger partial charge on any atom is 0.136 e. The predicted molar refractivity (Wildman–Crippen MR) is 90.0 cm³/mol. The molecule has 116 valence electrons. The van der Waals surface area contributed by atoms with Gasteiger partial charge in [0.05, 0.1) is 28.7 Å². The molecular weight excluding hydrogens is 286 g/mol. The SMILES string of the molecule is CCOCc1nc2ccc(C#N)cc2n1[C@H](C)c1ccccc1. The molecule has 0 bridgehead atoms. The summed E-state index contributed by atoms with van der Waals surface area (Å²) < 4.78 is 7.75. The summed E-state index contributed by atoms with van der Waals surface area (Å²) in [5.74, 6) is 0.883. The zero-order valence-corrected chi connectivity index (χ0v) is 13.4. The van der Waals surface area contributed by atoms with E-state index in [0.717, 1.165) is 16.9 Å². The highest BCUT2D eigenvalue weighted by Gasteiger charge is 2.17. The van der Waals surface area contributed by atoms with Crippen molar-refractivity contribution in [2.45, 2.75) is 26.5 Å². The predicted octanol–water partition coefficient (Wildman–Crippen LogP) is 4.05. The summed E-state index contributed by atoms with van der Waals surface area (Å²) in [6.07, 6.45) is 0. The minimum Gasteiger partial charge on any atom is -0.374 e. The van der Waals surface area contributed by atoms with E-state index < -0.39 is 0 Å². The van der Waals surface area contributed by atoms with Crippen LogP contribution >= 0.6 is 0 Å². The minimum absolute atomic E-state index is 0.116. The standard InChI is InChI=1S/C19H19N3O/c1-3-23-13-19-21-17-10-9-15(12-20)11-18(17)22(19)14(2)16-7-5-4-6-8-16/h4-11,14H,3,13H2,1-2H3/t14-/m1/s1. The fraction of sp³-hybridized carbons (Fsp3) is 0.263. The van der Waals surface area contributed by atoms with E-state index in [4.69, 9.17) is 9.72 Å². The van der Waals surface area contributed by atoms with Crippen LogP contribution in [0.3, 0.4) is 0 Å². The van der Waals surface area contributed by atoms with Crippen molar-refractivity contribution in [3.63, 3.8) is 0 Å². The van der Waals surface area contributed by atoms with Crippen LogP contribution in [0.4, 0.5) is 0 Å². The summed E-state index contributed by atoms with van der Waals surface area (Å²) in [5.41, 5.74) is 3.70. The summed E-state index contributed by atoms with van der Waals surface area (Å²) in [4.78, 5) is 4.70. The average molecular weight is 305 g/mol. The monoisotopic (exact) mass is 305 g/mol. The Bertz CT molecular complexity index is 846. The van der Waals surface area contributed by atoms with Crippen molar-refractivity contribution in [1.29, 1.82) is 5.26 Å². The van der Waals surface area contributed by atoms with Crippen LogP contribution in [0.1, 0.15) is 36.8 Å². The molecule has 4 nitrogen and oxygen atoms in total. The second-order valence-corrected chi connectivity index (χ2v) is 5.44. The Balaban J connectivity index is 2.16. The molecule has 0 spiro atoms. The van der Waals surface area contributed by atoms with E-state index in [9.17, 15) is 5.26 Å². The van der Waals surface area contributed by atoms with Crippen LogP contribution in [-0.2, 0) is 11.3 Å². The van der Waals surface area contributed by atoms with Crippen LogP contribution < -0.4 is 0 Å². The highest BCUT2D eigenvalue weighted by molar-refractivity contribution is 5.78. The van der Waals surface area contributed by atoms with E-state index in [2.05, 4.69) is 29.7 Å². The van der Waals surface area contributed by atoms with Gasteiger partial charge in [-0.3, -0.25) is 0 Å². The lowest BCUT2D eigenvalue weighted by molar-refractivity contribution is 0.125. The molecule has 3 aromatic rings. The topological polar surface area (TPSA) is 50.8 Å². The van der Waals surface area contributed by atoms with Crippen molar-refractivity contribution in [2.75, 3.05) is 6.61 Å². The quantitative estimate of drug-likeness (QED) is 0.714. The zero-order valence-electron chi connectivity index (χ0n) is 13.4. The third kappa shape index (κ3) is 2.96. The number of benzene rings is 2. The molecule has 2 aromatic carbocycles. The van der Waals surface area contributed by atoms with Gasteiger partial charge in [-0.25, -0.2) is 4.98 Å². The number of ether oxygens (including phenoxy) is 1. The van der Waals surface area contributed by atoms with Gasteiger partial charge in [0.25, 0.3) is 0 Å². The number of nitriles is 1. The molecule has 4 heteroatoms. The summed E-state index contributed by atoms with van der Waals surface area (Å²) in [6.45, 7) is 5.23. The van der Waals surface area contributed by atoms with E-state index >= 15 is 0 Å². The molecule has 0 radical (unpaired) electrons. The number of aromatic nitrogens is 2. The third-order valence-electron chi connectivity index (χ3n) is 4.00. The number of hydrogen-bond acceptors (Lipinski definition) is 3. The normalized spacial score (nSPS) is 12.2. The first-order valence-electron chi connectivity index (χ1n) is 7.78. The lowest BCUT2D eigenvalue weighted by Crippen LogP contribution is -2.12. The Morgan fingerprint density at radius 3 is 2.70 bits per heavy atom. The Labute approximate surface area is 136 Å². The molecule has 0 aliphatic heterocycles. The Kier molecular flexibility index (Phi) is 4.40. The molecule has 1 atom stereocenters. The highest BCUT2D eigenvalue weighted by atomic mass is 16.5. The van der Waals surface area contributed by atoms with Crippen LogP contribution in [-0.4, -0.2) is 16.2 Å². The summed E-state index contributed by atoms with van der Waals surface area (Å²) in [7, 11) is 0. The van der Waals surface area contributed by atoms with Crippen LogP contribution in [0.15, 0.2) is 48.5 Å². The second kappa shape index (κ2) is 6.64. The largest absolute Gasteiger partial charge is 0.374 e. The van der Waals surface area contributed by atoms with Gasteiger partial charge >= 0.3 is 0 Å². The molecule has 0 N–H and O–H groups in total. The lowest BCUT2D eigenvalue weighted by Gasteiger charge is -2.18. The van der Waals surface area contributed by atoms with E-state index in [0.29, 0.717) is 18.8 Å². The number of nitrogens with zero attached hydrogens (tertiary/aromatic N) is 3. The van der Waals surface area contributed by atoms with Crippen LogP contribution in [0.5, 0.6) is 0 Å². The molecule has 0 fully saturated rings. The van der Waals surface area contributed by atoms with Crippen molar-refractivity contribution < 1.29 is 4.74 Å². The van der Waals surface area contributed by atoms with Crippen LogP contribution in [0.2, 0.25) is 0 Å². The molecule has 0 amide bonds. The van der Waals surface area contributed by atoms with Crippen LogP contribution in [0.25, 0.3) is 11.0 Å². The number of rotatable bonds is 5. The number of hydrogen-bond donors (Lipinski definition) is 0. The fourth-order valence-corrected chi connectivity index (χ4v) is 2.82. The van der Waals surface area contributed by atoms with Gasteiger partial charge in [-0.05, 0) is 37.6 Å². The Morgan fingerprint density at radius 2 is 2.00 bits per heavy atom. The molecule has 1 heterocycles. The second-order valence-electron chi connectivity index (χ2n) is 5.44. The van der Waals surface area contributed by atoms with Crippen molar-refractivity contribution in [3.05, 3.63) is 65.5 Å². The summed E-state index contributed by atoms with van der Waals surface area (Å²) in [5, 5.41) is 9.19. The Morgan fingerprint density at radius 1 is 1.22 bits per heavy atom. The highest BCUT2D eigenvalue weighted by Crippen LogP contribution is 2.27. The third-order valence-corrected chi connectivity index (χ3v) is 4.00. The van der Waals surface area contributed by atoms with E-state index in [1.54, 1.807) is 6.07 Å². The molecule has 23 heavy (non-hydrogen) atoms. The maximum atomic E-state index is 9.19. The van der Waals surface area contributed by atoms with Gasteiger partial charge in [-0.15, -0.1) is 0 Å². The molecule has 1 aromatic heterocycles. The zero-order chi connectivity index (χ0) is 16.2. The van der Waals surface area contributed by atoms with Gasteiger partial charge in [0, 0.05) is 6.61 Å². The molecule has 0 saturated carbocycles. The van der Waals surface area contributed by atoms with Crippen LogP contribution in [0, 0.1) is 11.3 Å². The minimum atomic E-state index is 0.116. The van der Waals surface area contributed by atoms with E-state index in [1.165, 1.54) is 5.56 Å². The van der Waals surface area contributed by atoms with Gasteiger partial charge in [-0.1, -0.05) is 30.3 Å².